The quantitative estimate of drug-likeness (QED) is 0.231. The molecule has 1 amide bonds. The molecule has 2 heterocycles. The molecule has 176 valence electrons. The maximum absolute atomic E-state index is 13.1. The van der Waals surface area contributed by atoms with Crippen LogP contribution in [0.3, 0.4) is 0 Å². The number of aryl methyl sites for hydroxylation is 2. The monoisotopic (exact) mass is 460 g/mol. The molecule has 1 aromatic heterocycles. The van der Waals surface area contributed by atoms with E-state index in [4.69, 9.17) is 4.74 Å². The minimum atomic E-state index is -0.675. The van der Waals surface area contributed by atoms with Gasteiger partial charge in [0.25, 0.3) is 11.7 Å². The molecule has 34 heavy (non-hydrogen) atoms. The highest BCUT2D eigenvalue weighted by molar-refractivity contribution is 6.46. The molecular formula is C27H30N3O4+. The summed E-state index contributed by atoms with van der Waals surface area (Å²) in [4.78, 5) is 30.8. The molecule has 4 rings (SSSR count). The topological polar surface area (TPSA) is 86.5 Å². The summed E-state index contributed by atoms with van der Waals surface area (Å²) in [5.74, 6) is -0.716. The second kappa shape index (κ2) is 9.95. The summed E-state index contributed by atoms with van der Waals surface area (Å²) >= 11 is 0. The van der Waals surface area contributed by atoms with E-state index in [1.807, 2.05) is 80.5 Å². The van der Waals surface area contributed by atoms with Crippen LogP contribution in [0.5, 0.6) is 5.75 Å². The summed E-state index contributed by atoms with van der Waals surface area (Å²) in [5, 5.41) is 11.1. The Morgan fingerprint density at radius 2 is 1.82 bits per heavy atom. The van der Waals surface area contributed by atoms with E-state index < -0.39 is 17.7 Å². The van der Waals surface area contributed by atoms with Crippen molar-refractivity contribution in [2.24, 2.45) is 0 Å². The number of carbonyl (C=O) groups excluding carboxylic acids is 2. The molecule has 1 atom stereocenters. The van der Waals surface area contributed by atoms with Crippen molar-refractivity contribution in [3.63, 3.8) is 0 Å². The lowest BCUT2D eigenvalue weighted by atomic mass is 9.95. The summed E-state index contributed by atoms with van der Waals surface area (Å²) in [6.07, 6.45) is 6.27. The number of H-pyrrole nitrogens is 1. The molecule has 1 fully saturated rings. The standard InChI is InChI=1S/C27H29N3O4/c1-18(2)34-22-11-9-20(10-12-22)24-23(25(31)21-7-5-19(3)6-8-21)26(32)27(33)30(24)15-4-14-29-16-13-28-17-29/h5-13,16-18,24H,4,14-15H2,1-3H3,(H,31,32)/p+1. The van der Waals surface area contributed by atoms with E-state index in [0.29, 0.717) is 30.8 Å². The van der Waals surface area contributed by atoms with Gasteiger partial charge in [-0.3, -0.25) is 14.6 Å². The minimum Gasteiger partial charge on any atom is -0.507 e. The number of rotatable bonds is 8. The zero-order chi connectivity index (χ0) is 24.2. The van der Waals surface area contributed by atoms with Crippen molar-refractivity contribution in [2.45, 2.75) is 45.9 Å². The van der Waals surface area contributed by atoms with E-state index in [1.165, 1.54) is 0 Å². The molecule has 0 aliphatic carbocycles. The van der Waals surface area contributed by atoms with Gasteiger partial charge >= 0.3 is 0 Å². The summed E-state index contributed by atoms with van der Waals surface area (Å²) in [7, 11) is 0. The number of hydrogen-bond acceptors (Lipinski definition) is 4. The van der Waals surface area contributed by atoms with Gasteiger partial charge in [0.1, 0.15) is 23.9 Å². The molecule has 1 saturated heterocycles. The number of benzene rings is 2. The van der Waals surface area contributed by atoms with Crippen LogP contribution in [0.25, 0.3) is 5.76 Å². The number of likely N-dealkylation sites (tertiary alicyclic amines) is 1. The van der Waals surface area contributed by atoms with Crippen molar-refractivity contribution < 1.29 is 24.0 Å². The van der Waals surface area contributed by atoms with Crippen molar-refractivity contribution in [1.82, 2.24) is 9.88 Å². The SMILES string of the molecule is Cc1ccc(C(O)=C2C(=O)C(=O)N(CCC[n+]3cc[nH]c3)C2c2ccc(OC(C)C)cc2)cc1. The third-order valence-corrected chi connectivity index (χ3v) is 5.85. The molecule has 1 aliphatic heterocycles. The summed E-state index contributed by atoms with van der Waals surface area (Å²) in [5.41, 5.74) is 2.41. The second-order valence-corrected chi connectivity index (χ2v) is 8.80. The van der Waals surface area contributed by atoms with E-state index in [1.54, 1.807) is 17.0 Å². The number of amides is 1. The van der Waals surface area contributed by atoms with Crippen molar-refractivity contribution in [2.75, 3.05) is 6.54 Å². The van der Waals surface area contributed by atoms with E-state index in [2.05, 4.69) is 4.98 Å². The lowest BCUT2D eigenvalue weighted by Gasteiger charge is -2.25. The summed E-state index contributed by atoms with van der Waals surface area (Å²) < 4.78 is 7.73. The van der Waals surface area contributed by atoms with Crippen LogP contribution in [0.2, 0.25) is 0 Å². The first-order valence-electron chi connectivity index (χ1n) is 11.5. The number of aromatic amines is 1. The van der Waals surface area contributed by atoms with Gasteiger partial charge in [-0.05, 0) is 38.5 Å². The highest BCUT2D eigenvalue weighted by Crippen LogP contribution is 2.40. The van der Waals surface area contributed by atoms with Crippen LogP contribution in [0.4, 0.5) is 0 Å². The molecule has 2 aromatic carbocycles. The predicted molar refractivity (Wildman–Crippen MR) is 128 cm³/mol. The first-order valence-corrected chi connectivity index (χ1v) is 11.5. The lowest BCUT2D eigenvalue weighted by molar-refractivity contribution is -0.695. The number of hydrogen-bond donors (Lipinski definition) is 2. The zero-order valence-electron chi connectivity index (χ0n) is 19.7. The van der Waals surface area contributed by atoms with Gasteiger partial charge in [-0.15, -0.1) is 0 Å². The molecule has 7 nitrogen and oxygen atoms in total. The minimum absolute atomic E-state index is 0.0314. The molecule has 2 N–H and O–H groups in total. The van der Waals surface area contributed by atoms with Gasteiger partial charge in [-0.2, -0.15) is 0 Å². The normalized spacial score (nSPS) is 17.5. The van der Waals surface area contributed by atoms with E-state index >= 15 is 0 Å². The van der Waals surface area contributed by atoms with Gasteiger partial charge in [0, 0.05) is 18.5 Å². The van der Waals surface area contributed by atoms with Gasteiger partial charge < -0.3 is 14.7 Å². The number of ether oxygens (including phenoxy) is 1. The van der Waals surface area contributed by atoms with Crippen LogP contribution < -0.4 is 9.30 Å². The van der Waals surface area contributed by atoms with Crippen LogP contribution in [0.1, 0.15) is 43.0 Å². The molecule has 7 heteroatoms. The molecule has 0 saturated carbocycles. The molecule has 1 aliphatic rings. The van der Waals surface area contributed by atoms with Crippen LogP contribution in [0, 0.1) is 6.92 Å². The zero-order valence-corrected chi connectivity index (χ0v) is 19.7. The van der Waals surface area contributed by atoms with Gasteiger partial charge in [0.2, 0.25) is 6.33 Å². The Bertz CT molecular complexity index is 1180. The number of Topliss-reactive ketones (excluding diaryl/α,β-unsaturated/α-hetero) is 1. The number of nitrogens with zero attached hydrogens (tertiary/aromatic N) is 2. The number of ketones is 1. The van der Waals surface area contributed by atoms with Crippen molar-refractivity contribution in [1.29, 1.82) is 0 Å². The predicted octanol–water partition coefficient (Wildman–Crippen LogP) is 3.91. The Kier molecular flexibility index (Phi) is 6.82. The van der Waals surface area contributed by atoms with Crippen LogP contribution in [-0.2, 0) is 16.1 Å². The molecule has 0 bridgehead atoms. The highest BCUT2D eigenvalue weighted by atomic mass is 16.5. The third-order valence-electron chi connectivity index (χ3n) is 5.85. The first-order chi connectivity index (χ1) is 16.3. The summed E-state index contributed by atoms with van der Waals surface area (Å²) in [6, 6.07) is 13.9. The Balaban J connectivity index is 1.71. The van der Waals surface area contributed by atoms with Crippen molar-refractivity contribution in [3.05, 3.63) is 89.5 Å². The Morgan fingerprint density at radius 3 is 2.44 bits per heavy atom. The van der Waals surface area contributed by atoms with Crippen molar-refractivity contribution >= 4 is 17.4 Å². The summed E-state index contributed by atoms with van der Waals surface area (Å²) in [6.45, 7) is 6.92. The fourth-order valence-corrected chi connectivity index (χ4v) is 4.21. The van der Waals surface area contributed by atoms with E-state index in [-0.39, 0.29) is 17.4 Å². The number of aliphatic hydroxyl groups excluding tert-OH is 1. The smallest absolute Gasteiger partial charge is 0.295 e. The number of aromatic nitrogens is 2. The van der Waals surface area contributed by atoms with Crippen LogP contribution in [0.15, 0.2) is 72.8 Å². The maximum atomic E-state index is 13.1. The fourth-order valence-electron chi connectivity index (χ4n) is 4.21. The maximum Gasteiger partial charge on any atom is 0.295 e. The molecule has 3 aromatic rings. The average molecular weight is 461 g/mol. The number of nitrogens with one attached hydrogen (secondary N) is 1. The first kappa shape index (κ1) is 23.3. The Labute approximate surface area is 199 Å². The molecule has 1 unspecified atom stereocenters. The highest BCUT2D eigenvalue weighted by Gasteiger charge is 2.45. The van der Waals surface area contributed by atoms with Gasteiger partial charge in [0.05, 0.1) is 24.3 Å². The molecular weight excluding hydrogens is 430 g/mol. The van der Waals surface area contributed by atoms with Crippen LogP contribution >= 0.6 is 0 Å². The lowest BCUT2D eigenvalue weighted by Crippen LogP contribution is -2.36. The Hall–Kier alpha value is -3.87. The largest absolute Gasteiger partial charge is 0.507 e. The average Bonchev–Trinajstić information content (AvgIpc) is 3.42. The van der Waals surface area contributed by atoms with E-state index in [0.717, 1.165) is 11.1 Å². The third kappa shape index (κ3) is 4.88. The van der Waals surface area contributed by atoms with Gasteiger partial charge in [-0.25, -0.2) is 4.57 Å². The van der Waals surface area contributed by atoms with Crippen molar-refractivity contribution in [3.8, 4) is 5.75 Å². The van der Waals surface area contributed by atoms with Crippen LogP contribution in [-0.4, -0.2) is 39.3 Å². The fraction of sp³-hybridized carbons (Fsp3) is 0.296. The van der Waals surface area contributed by atoms with Gasteiger partial charge in [-0.1, -0.05) is 42.0 Å². The Morgan fingerprint density at radius 1 is 1.12 bits per heavy atom. The second-order valence-electron chi connectivity index (χ2n) is 8.80. The van der Waals surface area contributed by atoms with E-state index in [9.17, 15) is 14.7 Å². The molecule has 0 radical (unpaired) electrons. The number of carbonyl (C=O) groups is 2. The molecule has 0 spiro atoms. The number of aliphatic hydroxyl groups is 1. The van der Waals surface area contributed by atoms with Gasteiger partial charge in [0.15, 0.2) is 0 Å². The number of imidazole rings is 1.